The van der Waals surface area contributed by atoms with Gasteiger partial charge in [-0.1, -0.05) is 50.7 Å². The second-order valence-electron chi connectivity index (χ2n) is 6.11. The van der Waals surface area contributed by atoms with Crippen LogP contribution in [-0.4, -0.2) is 21.6 Å². The number of carbonyl (C=O) groups is 1. The summed E-state index contributed by atoms with van der Waals surface area (Å²) in [7, 11) is 0. The van der Waals surface area contributed by atoms with Gasteiger partial charge in [-0.2, -0.15) is 0 Å². The van der Waals surface area contributed by atoms with Gasteiger partial charge < -0.3 is 16.0 Å². The van der Waals surface area contributed by atoms with Crippen LogP contribution >= 0.6 is 11.8 Å². The SMILES string of the molecule is CC(C)(C)c1ccccc1NC(=O)CSc1nc(N)cc(=O)[nH]1. The lowest BCUT2D eigenvalue weighted by Crippen LogP contribution is -2.20. The fourth-order valence-corrected chi connectivity index (χ4v) is 2.77. The number of aromatic nitrogens is 2. The fraction of sp³-hybridized carbons (Fsp3) is 0.312. The molecule has 2 rings (SSSR count). The fourth-order valence-electron chi connectivity index (χ4n) is 2.09. The van der Waals surface area contributed by atoms with Crippen LogP contribution in [0.15, 0.2) is 40.3 Å². The molecule has 0 aliphatic rings. The molecule has 6 nitrogen and oxygen atoms in total. The van der Waals surface area contributed by atoms with E-state index in [2.05, 4.69) is 36.1 Å². The molecule has 0 aliphatic carbocycles. The molecule has 122 valence electrons. The number of rotatable bonds is 4. The molecule has 0 saturated heterocycles. The number of nitrogens with two attached hydrogens (primary N) is 1. The monoisotopic (exact) mass is 332 g/mol. The van der Waals surface area contributed by atoms with Gasteiger partial charge in [0.05, 0.1) is 5.75 Å². The molecule has 1 heterocycles. The van der Waals surface area contributed by atoms with Crippen LogP contribution in [0.2, 0.25) is 0 Å². The number of hydrogen-bond acceptors (Lipinski definition) is 5. The summed E-state index contributed by atoms with van der Waals surface area (Å²) in [6.07, 6.45) is 0. The number of thioether (sulfide) groups is 1. The minimum absolute atomic E-state index is 0.0717. The molecule has 0 unspecified atom stereocenters. The number of amides is 1. The van der Waals surface area contributed by atoms with Crippen molar-refractivity contribution in [2.75, 3.05) is 16.8 Å². The van der Waals surface area contributed by atoms with Crippen LogP contribution in [0, 0.1) is 0 Å². The van der Waals surface area contributed by atoms with Crippen molar-refractivity contribution in [3.8, 4) is 0 Å². The lowest BCUT2D eigenvalue weighted by molar-refractivity contribution is -0.113. The Morgan fingerprint density at radius 1 is 1.35 bits per heavy atom. The molecular formula is C16H20N4O2S. The van der Waals surface area contributed by atoms with Gasteiger partial charge in [-0.25, -0.2) is 4.98 Å². The smallest absolute Gasteiger partial charge is 0.253 e. The molecule has 4 N–H and O–H groups in total. The average molecular weight is 332 g/mol. The number of aromatic amines is 1. The number of nitrogens with one attached hydrogen (secondary N) is 2. The molecule has 0 spiro atoms. The van der Waals surface area contributed by atoms with E-state index in [0.29, 0.717) is 5.16 Å². The number of anilines is 2. The molecule has 2 aromatic rings. The lowest BCUT2D eigenvalue weighted by Gasteiger charge is -2.22. The van der Waals surface area contributed by atoms with E-state index in [1.165, 1.54) is 6.07 Å². The zero-order valence-electron chi connectivity index (χ0n) is 13.3. The van der Waals surface area contributed by atoms with Crippen molar-refractivity contribution in [3.05, 3.63) is 46.2 Å². The van der Waals surface area contributed by atoms with Crippen LogP contribution in [0.4, 0.5) is 11.5 Å². The molecular weight excluding hydrogens is 312 g/mol. The highest BCUT2D eigenvalue weighted by atomic mass is 32.2. The highest BCUT2D eigenvalue weighted by Crippen LogP contribution is 2.29. The molecule has 0 saturated carbocycles. The molecule has 23 heavy (non-hydrogen) atoms. The maximum atomic E-state index is 12.2. The van der Waals surface area contributed by atoms with E-state index in [1.807, 2.05) is 24.3 Å². The quantitative estimate of drug-likeness (QED) is 0.589. The van der Waals surface area contributed by atoms with Crippen molar-refractivity contribution in [1.82, 2.24) is 9.97 Å². The first-order valence-electron chi connectivity index (χ1n) is 7.15. The second kappa shape index (κ2) is 6.87. The Morgan fingerprint density at radius 3 is 2.70 bits per heavy atom. The van der Waals surface area contributed by atoms with Crippen LogP contribution in [0.5, 0.6) is 0 Å². The molecule has 0 atom stereocenters. The molecule has 0 bridgehead atoms. The number of nitrogen functional groups attached to an aromatic ring is 1. The summed E-state index contributed by atoms with van der Waals surface area (Å²) in [6, 6.07) is 8.91. The predicted octanol–water partition coefficient (Wildman–Crippen LogP) is 2.38. The van der Waals surface area contributed by atoms with Crippen molar-refractivity contribution in [1.29, 1.82) is 0 Å². The van der Waals surface area contributed by atoms with Gasteiger partial charge in [0.1, 0.15) is 5.82 Å². The van der Waals surface area contributed by atoms with Gasteiger partial charge >= 0.3 is 0 Å². The Bertz CT molecular complexity index is 765. The van der Waals surface area contributed by atoms with E-state index in [9.17, 15) is 9.59 Å². The first-order valence-corrected chi connectivity index (χ1v) is 8.13. The number of carbonyl (C=O) groups excluding carboxylic acids is 1. The minimum atomic E-state index is -0.335. The first-order chi connectivity index (χ1) is 10.8. The zero-order chi connectivity index (χ0) is 17.0. The molecule has 1 aromatic carbocycles. The van der Waals surface area contributed by atoms with Crippen LogP contribution < -0.4 is 16.6 Å². The van der Waals surface area contributed by atoms with E-state index in [0.717, 1.165) is 23.0 Å². The molecule has 0 radical (unpaired) electrons. The average Bonchev–Trinajstić information content (AvgIpc) is 2.43. The van der Waals surface area contributed by atoms with Gasteiger partial charge in [0.2, 0.25) is 5.91 Å². The summed E-state index contributed by atoms with van der Waals surface area (Å²) in [4.78, 5) is 30.0. The van der Waals surface area contributed by atoms with Crippen molar-refractivity contribution in [2.45, 2.75) is 31.3 Å². The van der Waals surface area contributed by atoms with Crippen LogP contribution in [0.1, 0.15) is 26.3 Å². The Balaban J connectivity index is 2.05. The van der Waals surface area contributed by atoms with Gasteiger partial charge in [0.15, 0.2) is 5.16 Å². The van der Waals surface area contributed by atoms with Gasteiger partial charge in [-0.15, -0.1) is 0 Å². The zero-order valence-corrected chi connectivity index (χ0v) is 14.2. The van der Waals surface area contributed by atoms with Crippen molar-refractivity contribution >= 4 is 29.2 Å². The molecule has 1 amide bonds. The summed E-state index contributed by atoms with van der Waals surface area (Å²) in [6.45, 7) is 6.27. The Kier molecular flexibility index (Phi) is 5.10. The normalized spacial score (nSPS) is 11.3. The van der Waals surface area contributed by atoms with E-state index in [-0.39, 0.29) is 28.5 Å². The van der Waals surface area contributed by atoms with Crippen LogP contribution in [-0.2, 0) is 10.2 Å². The van der Waals surface area contributed by atoms with Crippen molar-refractivity contribution < 1.29 is 4.79 Å². The maximum Gasteiger partial charge on any atom is 0.253 e. The van der Waals surface area contributed by atoms with Crippen LogP contribution in [0.25, 0.3) is 0 Å². The molecule has 1 aromatic heterocycles. The van der Waals surface area contributed by atoms with Gasteiger partial charge in [0, 0.05) is 11.8 Å². The summed E-state index contributed by atoms with van der Waals surface area (Å²) in [5.74, 6) is 0.0942. The van der Waals surface area contributed by atoms with Crippen molar-refractivity contribution in [3.63, 3.8) is 0 Å². The summed E-state index contributed by atoms with van der Waals surface area (Å²) in [5, 5.41) is 3.23. The third-order valence-corrected chi connectivity index (χ3v) is 3.96. The number of nitrogens with zero attached hydrogens (tertiary/aromatic N) is 1. The number of para-hydroxylation sites is 1. The van der Waals surface area contributed by atoms with Crippen molar-refractivity contribution in [2.24, 2.45) is 0 Å². The summed E-state index contributed by atoms with van der Waals surface area (Å²) < 4.78 is 0. The molecule has 0 aliphatic heterocycles. The predicted molar refractivity (Wildman–Crippen MR) is 93.8 cm³/mol. The second-order valence-corrected chi connectivity index (χ2v) is 7.07. The summed E-state index contributed by atoms with van der Waals surface area (Å²) >= 11 is 1.13. The number of H-pyrrole nitrogens is 1. The van der Waals surface area contributed by atoms with Gasteiger partial charge in [0.25, 0.3) is 5.56 Å². The summed E-state index contributed by atoms with van der Waals surface area (Å²) in [5.41, 5.74) is 6.96. The minimum Gasteiger partial charge on any atom is -0.383 e. The van der Waals surface area contributed by atoms with E-state index in [1.54, 1.807) is 0 Å². The maximum absolute atomic E-state index is 12.2. The number of hydrogen-bond donors (Lipinski definition) is 3. The third kappa shape index (κ3) is 4.85. The van der Waals surface area contributed by atoms with Gasteiger partial charge in [-0.3, -0.25) is 9.59 Å². The highest BCUT2D eigenvalue weighted by Gasteiger charge is 2.18. The Morgan fingerprint density at radius 2 is 2.04 bits per heavy atom. The number of benzene rings is 1. The van der Waals surface area contributed by atoms with Crippen LogP contribution in [0.3, 0.4) is 0 Å². The highest BCUT2D eigenvalue weighted by molar-refractivity contribution is 7.99. The van der Waals surface area contributed by atoms with E-state index in [4.69, 9.17) is 5.73 Å². The lowest BCUT2D eigenvalue weighted by atomic mass is 9.86. The van der Waals surface area contributed by atoms with Gasteiger partial charge in [-0.05, 0) is 17.0 Å². The topological polar surface area (TPSA) is 101 Å². The third-order valence-electron chi connectivity index (χ3n) is 3.09. The molecule has 0 fully saturated rings. The van der Waals surface area contributed by atoms with E-state index < -0.39 is 0 Å². The van der Waals surface area contributed by atoms with E-state index >= 15 is 0 Å². The first kappa shape index (κ1) is 17.1. The standard InChI is InChI=1S/C16H20N4O2S/c1-16(2,3)10-6-4-5-7-11(10)18-14(22)9-23-15-19-12(17)8-13(21)20-15/h4-8H,9H2,1-3H3,(H,18,22)(H3,17,19,20,21). The Labute approximate surface area is 138 Å². The molecule has 7 heteroatoms. The Hall–Kier alpha value is -2.28. The largest absolute Gasteiger partial charge is 0.383 e.